The number of carbonyl (C=O) groups excluding carboxylic acids is 1. The van der Waals surface area contributed by atoms with Crippen LogP contribution in [0, 0.1) is 17.5 Å². The molecule has 1 aliphatic heterocycles. The van der Waals surface area contributed by atoms with E-state index in [1.165, 1.54) is 51.9 Å². The number of hydrogen-bond acceptors (Lipinski definition) is 4. The van der Waals surface area contributed by atoms with Crippen LogP contribution in [-0.2, 0) is 0 Å². The number of hydrogen-bond donors (Lipinski definition) is 2. The molecule has 0 aliphatic carbocycles. The second kappa shape index (κ2) is 8.43. The van der Waals surface area contributed by atoms with Crippen LogP contribution in [0.3, 0.4) is 0 Å². The second-order valence-corrected chi connectivity index (χ2v) is 8.38. The third kappa shape index (κ3) is 3.71. The van der Waals surface area contributed by atoms with E-state index in [4.69, 9.17) is 11.6 Å². The van der Waals surface area contributed by atoms with Crippen molar-refractivity contribution in [1.29, 1.82) is 0 Å². The van der Waals surface area contributed by atoms with Gasteiger partial charge in [-0.3, -0.25) is 9.20 Å². The minimum atomic E-state index is -1.02. The minimum absolute atomic E-state index is 0.00650. The molecule has 0 radical (unpaired) electrons. The molecular weight excluding hydrogens is 471 g/mol. The van der Waals surface area contributed by atoms with E-state index >= 15 is 4.39 Å². The molecule has 1 fully saturated rings. The lowest BCUT2D eigenvalue weighted by atomic mass is 9.97. The average molecular weight is 488 g/mol. The number of amides is 1. The highest BCUT2D eigenvalue weighted by atomic mass is 35.5. The van der Waals surface area contributed by atoms with Gasteiger partial charge in [0.25, 0.3) is 5.91 Å². The summed E-state index contributed by atoms with van der Waals surface area (Å²) in [5, 5.41) is 19.5. The number of carbonyl (C=O) groups is 1. The van der Waals surface area contributed by atoms with Crippen molar-refractivity contribution in [3.05, 3.63) is 82.9 Å². The number of aromatic nitrogens is 2. The summed E-state index contributed by atoms with van der Waals surface area (Å²) in [6.45, 7) is -0.0130. The van der Waals surface area contributed by atoms with Gasteiger partial charge >= 0.3 is 0 Å². The zero-order valence-electron chi connectivity index (χ0n) is 17.4. The minimum Gasteiger partial charge on any atom is -0.388 e. The van der Waals surface area contributed by atoms with Gasteiger partial charge in [-0.1, -0.05) is 23.7 Å². The van der Waals surface area contributed by atoms with E-state index in [9.17, 15) is 23.8 Å². The molecule has 0 spiro atoms. The van der Waals surface area contributed by atoms with Crippen LogP contribution in [0.2, 0.25) is 5.15 Å². The molecule has 2 aromatic heterocycles. The third-order valence-electron chi connectivity index (χ3n) is 5.83. The Hall–Kier alpha value is -3.40. The van der Waals surface area contributed by atoms with Crippen molar-refractivity contribution in [2.75, 3.05) is 13.1 Å². The molecule has 1 amide bonds. The Balaban J connectivity index is 1.61. The van der Waals surface area contributed by atoms with Gasteiger partial charge in [0.15, 0.2) is 0 Å². The molecule has 2 aromatic carbocycles. The van der Waals surface area contributed by atoms with Gasteiger partial charge in [0, 0.05) is 42.0 Å². The van der Waals surface area contributed by atoms with E-state index in [0.717, 1.165) is 6.07 Å². The molecule has 1 saturated heterocycles. The molecule has 2 N–H and O–H groups in total. The molecule has 5 rings (SSSR count). The van der Waals surface area contributed by atoms with Gasteiger partial charge in [-0.2, -0.15) is 0 Å². The summed E-state index contributed by atoms with van der Waals surface area (Å²) in [6.07, 6.45) is -0.554. The Morgan fingerprint density at radius 3 is 2.41 bits per heavy atom. The molecule has 1 aliphatic rings. The largest absolute Gasteiger partial charge is 0.388 e. The highest BCUT2D eigenvalue weighted by Crippen LogP contribution is 2.39. The van der Waals surface area contributed by atoms with Crippen LogP contribution in [0.25, 0.3) is 28.0 Å². The van der Waals surface area contributed by atoms with Crippen molar-refractivity contribution in [2.45, 2.75) is 12.2 Å². The fraction of sp³-hybridized carbons (Fsp3) is 0.167. The van der Waals surface area contributed by atoms with Crippen LogP contribution in [-0.4, -0.2) is 55.7 Å². The fourth-order valence-corrected chi connectivity index (χ4v) is 4.40. The van der Waals surface area contributed by atoms with E-state index in [1.54, 1.807) is 0 Å². The predicted molar refractivity (Wildman–Crippen MR) is 119 cm³/mol. The molecule has 174 valence electrons. The molecule has 34 heavy (non-hydrogen) atoms. The van der Waals surface area contributed by atoms with Crippen molar-refractivity contribution >= 4 is 23.2 Å². The Morgan fingerprint density at radius 1 is 0.971 bits per heavy atom. The van der Waals surface area contributed by atoms with E-state index in [-0.39, 0.29) is 51.8 Å². The first-order chi connectivity index (χ1) is 16.2. The van der Waals surface area contributed by atoms with Gasteiger partial charge in [0.1, 0.15) is 33.9 Å². The summed E-state index contributed by atoms with van der Waals surface area (Å²) in [5.41, 5.74) is 0.543. The van der Waals surface area contributed by atoms with E-state index in [2.05, 4.69) is 4.98 Å². The number of fused-ring (bicyclic) bond motifs is 1. The molecule has 4 aromatic rings. The quantitative estimate of drug-likeness (QED) is 0.459. The Kier molecular flexibility index (Phi) is 5.55. The van der Waals surface area contributed by atoms with Crippen LogP contribution < -0.4 is 0 Å². The number of rotatable bonds is 3. The maximum absolute atomic E-state index is 15.0. The van der Waals surface area contributed by atoms with E-state index in [0.29, 0.717) is 6.07 Å². The Labute approximate surface area is 196 Å². The number of β-amino-alcohol motifs (C(OH)–C–C–N with tert-alkyl or cyclic N) is 2. The van der Waals surface area contributed by atoms with Gasteiger partial charge in [0.05, 0.1) is 12.2 Å². The van der Waals surface area contributed by atoms with Crippen molar-refractivity contribution < 1.29 is 28.2 Å². The molecular formula is C24H17ClF3N3O3. The summed E-state index contributed by atoms with van der Waals surface area (Å²) < 4.78 is 44.4. The highest BCUT2D eigenvalue weighted by Gasteiger charge is 2.33. The number of pyridine rings is 1. The lowest BCUT2D eigenvalue weighted by Crippen LogP contribution is -2.29. The number of benzene rings is 2. The van der Waals surface area contributed by atoms with Crippen LogP contribution in [0.5, 0.6) is 0 Å². The number of aliphatic hydroxyl groups excluding tert-OH is 2. The molecule has 3 heterocycles. The standard InChI is InChI=1S/C24H17ClF3N3O3/c25-23-22(21-15(2-1-3-16(21)27)14-5-4-13(26)9-17(14)28)29-20-8-12(6-7-31(20)23)24(34)30-10-18(32)19(33)11-30/h1-9,18-19,32-33H,10-11H2/t18-,19+. The summed E-state index contributed by atoms with van der Waals surface area (Å²) >= 11 is 6.50. The molecule has 2 atom stereocenters. The predicted octanol–water partition coefficient (Wildman–Crippen LogP) is 3.92. The smallest absolute Gasteiger partial charge is 0.254 e. The van der Waals surface area contributed by atoms with Gasteiger partial charge in [-0.25, -0.2) is 18.2 Å². The van der Waals surface area contributed by atoms with Crippen molar-refractivity contribution in [2.24, 2.45) is 0 Å². The molecule has 0 saturated carbocycles. The number of imidazole rings is 1. The van der Waals surface area contributed by atoms with Crippen LogP contribution in [0.1, 0.15) is 10.4 Å². The molecule has 6 nitrogen and oxygen atoms in total. The monoisotopic (exact) mass is 487 g/mol. The van der Waals surface area contributed by atoms with Crippen LogP contribution >= 0.6 is 11.6 Å². The number of aliphatic hydroxyl groups is 2. The third-order valence-corrected chi connectivity index (χ3v) is 6.19. The van der Waals surface area contributed by atoms with Crippen molar-refractivity contribution in [1.82, 2.24) is 14.3 Å². The first-order valence-corrected chi connectivity index (χ1v) is 10.7. The zero-order chi connectivity index (χ0) is 24.1. The molecule has 10 heteroatoms. The van der Waals surface area contributed by atoms with Crippen LogP contribution in [0.15, 0.2) is 54.7 Å². The lowest BCUT2D eigenvalue weighted by molar-refractivity contribution is 0.0572. The maximum Gasteiger partial charge on any atom is 0.254 e. The number of likely N-dealkylation sites (tertiary alicyclic amines) is 1. The lowest BCUT2D eigenvalue weighted by Gasteiger charge is -2.15. The summed E-state index contributed by atoms with van der Waals surface area (Å²) in [4.78, 5) is 18.5. The van der Waals surface area contributed by atoms with Gasteiger partial charge in [-0.05, 0) is 35.9 Å². The van der Waals surface area contributed by atoms with Crippen molar-refractivity contribution in [3.8, 4) is 22.4 Å². The number of halogens is 4. The zero-order valence-corrected chi connectivity index (χ0v) is 18.2. The summed E-state index contributed by atoms with van der Waals surface area (Å²) in [5.74, 6) is -2.75. The summed E-state index contributed by atoms with van der Waals surface area (Å²) in [6, 6.07) is 9.99. The molecule has 0 bridgehead atoms. The molecule has 0 unspecified atom stereocenters. The highest BCUT2D eigenvalue weighted by molar-refractivity contribution is 6.32. The van der Waals surface area contributed by atoms with Gasteiger partial charge in [0.2, 0.25) is 0 Å². The maximum atomic E-state index is 15.0. The van der Waals surface area contributed by atoms with E-state index < -0.39 is 35.6 Å². The van der Waals surface area contributed by atoms with Crippen LogP contribution in [0.4, 0.5) is 13.2 Å². The second-order valence-electron chi connectivity index (χ2n) is 8.03. The fourth-order valence-electron chi connectivity index (χ4n) is 4.12. The average Bonchev–Trinajstić information content (AvgIpc) is 3.31. The first kappa shape index (κ1) is 22.4. The van der Waals surface area contributed by atoms with Gasteiger partial charge in [-0.15, -0.1) is 0 Å². The SMILES string of the molecule is O=C(c1ccn2c(Cl)c(-c3c(F)cccc3-c3ccc(F)cc3F)nc2c1)N1C[C@@H](O)[C@@H](O)C1. The first-order valence-electron chi connectivity index (χ1n) is 10.3. The topological polar surface area (TPSA) is 78.1 Å². The Morgan fingerprint density at radius 2 is 1.71 bits per heavy atom. The summed E-state index contributed by atoms with van der Waals surface area (Å²) in [7, 11) is 0. The normalized spacial score (nSPS) is 18.1. The van der Waals surface area contributed by atoms with Gasteiger partial charge < -0.3 is 15.1 Å². The van der Waals surface area contributed by atoms with E-state index in [1.807, 2.05) is 0 Å². The van der Waals surface area contributed by atoms with Crippen molar-refractivity contribution in [3.63, 3.8) is 0 Å². The number of nitrogens with zero attached hydrogens (tertiary/aromatic N) is 3. The Bertz CT molecular complexity index is 1430.